The quantitative estimate of drug-likeness (QED) is 0.696. The Morgan fingerprint density at radius 2 is 2.03 bits per heavy atom. The molecule has 2 N–H and O–H groups in total. The molecule has 1 aliphatic heterocycles. The van der Waals surface area contributed by atoms with E-state index < -0.39 is 5.76 Å². The van der Waals surface area contributed by atoms with E-state index >= 15 is 0 Å². The van der Waals surface area contributed by atoms with Crippen molar-refractivity contribution in [2.45, 2.75) is 32.2 Å². The number of nitrogens with one attached hydrogen (secondary N) is 2. The van der Waals surface area contributed by atoms with Crippen LogP contribution in [0.15, 0.2) is 45.6 Å². The number of carbonyl (C=O) groups excluding carboxylic acids is 1. The molecule has 2 aromatic carbocycles. The Balaban J connectivity index is 1.19. The second-order valence-corrected chi connectivity index (χ2v) is 8.27. The summed E-state index contributed by atoms with van der Waals surface area (Å²) < 4.78 is 5.08. The number of hydrogen-bond donors (Lipinski definition) is 2. The number of fused-ring (bicyclic) bond motifs is 2. The van der Waals surface area contributed by atoms with E-state index in [2.05, 4.69) is 40.3 Å². The molecule has 1 fully saturated rings. The summed E-state index contributed by atoms with van der Waals surface area (Å²) in [6.45, 7) is 4.66. The van der Waals surface area contributed by atoms with Gasteiger partial charge in [0.2, 0.25) is 5.91 Å². The van der Waals surface area contributed by atoms with E-state index in [-0.39, 0.29) is 18.5 Å². The molecule has 5 rings (SSSR count). The van der Waals surface area contributed by atoms with Gasteiger partial charge in [0.1, 0.15) is 0 Å². The first-order chi connectivity index (χ1) is 14.6. The van der Waals surface area contributed by atoms with Crippen LogP contribution in [0.4, 0.5) is 11.4 Å². The number of anilines is 2. The van der Waals surface area contributed by atoms with Gasteiger partial charge >= 0.3 is 5.76 Å². The van der Waals surface area contributed by atoms with Gasteiger partial charge in [0.05, 0.1) is 12.1 Å². The molecule has 1 aliphatic carbocycles. The molecule has 0 saturated carbocycles. The predicted octanol–water partition coefficient (Wildman–Crippen LogP) is 2.76. The molecule has 0 radical (unpaired) electrons. The molecule has 0 unspecified atom stereocenters. The summed E-state index contributed by atoms with van der Waals surface area (Å²) in [5.41, 5.74) is 6.13. The van der Waals surface area contributed by atoms with Crippen molar-refractivity contribution in [3.05, 3.63) is 58.1 Å². The van der Waals surface area contributed by atoms with Gasteiger partial charge in [-0.25, -0.2) is 4.79 Å². The minimum absolute atomic E-state index is 0.0751. The number of carbonyl (C=O) groups is 1. The SMILES string of the molecule is C[C@@H]1CN(C(=O)CNc2ccc3[nH]c(=O)oc3c2)CCN1c1ccc2c(c1)CCC2. The van der Waals surface area contributed by atoms with Crippen LogP contribution in [0.3, 0.4) is 0 Å². The highest BCUT2D eigenvalue weighted by molar-refractivity contribution is 5.83. The Morgan fingerprint density at radius 3 is 2.90 bits per heavy atom. The number of aromatic amines is 1. The van der Waals surface area contributed by atoms with Crippen molar-refractivity contribution in [2.24, 2.45) is 0 Å². The summed E-state index contributed by atoms with van der Waals surface area (Å²) in [5.74, 6) is -0.403. The molecule has 2 aliphatic rings. The van der Waals surface area contributed by atoms with Crippen molar-refractivity contribution in [1.29, 1.82) is 0 Å². The number of hydrogen-bond acceptors (Lipinski definition) is 5. The number of rotatable bonds is 4. The standard InChI is InChI=1S/C23H26N4O3/c1-15-14-26(9-10-27(15)19-7-5-16-3-2-4-17(16)11-19)22(28)13-24-18-6-8-20-21(12-18)30-23(29)25-20/h5-8,11-12,15,24H,2-4,9-10,13-14H2,1H3,(H,25,29)/t15-/m1/s1. The number of nitrogens with zero attached hydrogens (tertiary/aromatic N) is 2. The lowest BCUT2D eigenvalue weighted by Crippen LogP contribution is -2.54. The van der Waals surface area contributed by atoms with E-state index in [4.69, 9.17) is 4.42 Å². The molecule has 1 atom stereocenters. The predicted molar refractivity (Wildman–Crippen MR) is 117 cm³/mol. The summed E-state index contributed by atoms with van der Waals surface area (Å²) >= 11 is 0. The first kappa shape index (κ1) is 18.8. The van der Waals surface area contributed by atoms with Gasteiger partial charge in [0.25, 0.3) is 0 Å². The smallest absolute Gasteiger partial charge is 0.408 e. The van der Waals surface area contributed by atoms with Crippen molar-refractivity contribution in [2.75, 3.05) is 36.4 Å². The number of aromatic nitrogens is 1. The first-order valence-corrected chi connectivity index (χ1v) is 10.6. The molecular formula is C23H26N4O3. The van der Waals surface area contributed by atoms with Crippen LogP contribution in [0, 0.1) is 0 Å². The molecular weight excluding hydrogens is 380 g/mol. The highest BCUT2D eigenvalue weighted by atomic mass is 16.4. The zero-order valence-corrected chi connectivity index (χ0v) is 17.1. The number of aryl methyl sites for hydroxylation is 2. The van der Waals surface area contributed by atoms with Crippen LogP contribution >= 0.6 is 0 Å². The number of oxazole rings is 1. The lowest BCUT2D eigenvalue weighted by molar-refractivity contribution is -0.130. The maximum absolute atomic E-state index is 12.7. The fourth-order valence-corrected chi connectivity index (χ4v) is 4.65. The van der Waals surface area contributed by atoms with Crippen molar-refractivity contribution < 1.29 is 9.21 Å². The van der Waals surface area contributed by atoms with E-state index in [1.807, 2.05) is 11.0 Å². The summed E-state index contributed by atoms with van der Waals surface area (Å²) in [6.07, 6.45) is 3.63. The summed E-state index contributed by atoms with van der Waals surface area (Å²) in [7, 11) is 0. The van der Waals surface area contributed by atoms with Gasteiger partial charge in [-0.15, -0.1) is 0 Å². The van der Waals surface area contributed by atoms with Crippen LogP contribution in [0.2, 0.25) is 0 Å². The summed E-state index contributed by atoms with van der Waals surface area (Å²) in [4.78, 5) is 31.0. The van der Waals surface area contributed by atoms with E-state index in [1.54, 1.807) is 12.1 Å². The van der Waals surface area contributed by atoms with Crippen LogP contribution in [0.5, 0.6) is 0 Å². The normalized spacial score (nSPS) is 18.6. The molecule has 2 heterocycles. The monoisotopic (exact) mass is 406 g/mol. The van der Waals surface area contributed by atoms with E-state index in [0.29, 0.717) is 24.2 Å². The second kappa shape index (κ2) is 7.55. The lowest BCUT2D eigenvalue weighted by atomic mass is 10.1. The molecule has 1 amide bonds. The zero-order valence-electron chi connectivity index (χ0n) is 17.1. The van der Waals surface area contributed by atoms with Gasteiger partial charge in [0, 0.05) is 43.1 Å². The third-order valence-electron chi connectivity index (χ3n) is 6.26. The largest absolute Gasteiger partial charge is 0.417 e. The molecule has 30 heavy (non-hydrogen) atoms. The fraction of sp³-hybridized carbons (Fsp3) is 0.391. The Hall–Kier alpha value is -3.22. The average molecular weight is 406 g/mol. The minimum Gasteiger partial charge on any atom is -0.408 e. The maximum Gasteiger partial charge on any atom is 0.417 e. The third kappa shape index (κ3) is 3.56. The maximum atomic E-state index is 12.7. The number of amides is 1. The zero-order chi connectivity index (χ0) is 20.7. The highest BCUT2D eigenvalue weighted by Gasteiger charge is 2.27. The third-order valence-corrected chi connectivity index (χ3v) is 6.26. The molecule has 0 spiro atoms. The van der Waals surface area contributed by atoms with Gasteiger partial charge in [0.15, 0.2) is 5.58 Å². The molecule has 1 aromatic heterocycles. The number of H-pyrrole nitrogens is 1. The van der Waals surface area contributed by atoms with Gasteiger partial charge < -0.3 is 19.5 Å². The topological polar surface area (TPSA) is 81.6 Å². The second-order valence-electron chi connectivity index (χ2n) is 8.27. The van der Waals surface area contributed by atoms with Crippen LogP contribution in [-0.2, 0) is 17.6 Å². The van der Waals surface area contributed by atoms with Crippen molar-refractivity contribution in [3.8, 4) is 0 Å². The van der Waals surface area contributed by atoms with Gasteiger partial charge in [-0.1, -0.05) is 6.07 Å². The molecule has 1 saturated heterocycles. The molecule has 0 bridgehead atoms. The van der Waals surface area contributed by atoms with Crippen LogP contribution < -0.4 is 16.0 Å². The summed E-state index contributed by atoms with van der Waals surface area (Å²) in [5, 5.41) is 3.15. The molecule has 7 nitrogen and oxygen atoms in total. The fourth-order valence-electron chi connectivity index (χ4n) is 4.65. The van der Waals surface area contributed by atoms with E-state index in [1.165, 1.54) is 36.1 Å². The Kier molecular flexibility index (Phi) is 4.73. The van der Waals surface area contributed by atoms with Crippen LogP contribution in [0.1, 0.15) is 24.5 Å². The summed E-state index contributed by atoms with van der Waals surface area (Å²) in [6, 6.07) is 12.4. The van der Waals surface area contributed by atoms with Gasteiger partial charge in [-0.2, -0.15) is 0 Å². The number of benzene rings is 2. The Bertz CT molecular complexity index is 1150. The van der Waals surface area contributed by atoms with Crippen LogP contribution in [0.25, 0.3) is 11.1 Å². The van der Waals surface area contributed by atoms with Gasteiger partial charge in [-0.05, 0) is 61.6 Å². The van der Waals surface area contributed by atoms with E-state index in [9.17, 15) is 9.59 Å². The average Bonchev–Trinajstić information content (AvgIpc) is 3.36. The van der Waals surface area contributed by atoms with Crippen molar-refractivity contribution in [3.63, 3.8) is 0 Å². The molecule has 7 heteroatoms. The Labute approximate surface area is 174 Å². The molecule has 156 valence electrons. The number of piperazine rings is 1. The van der Waals surface area contributed by atoms with Crippen LogP contribution in [-0.4, -0.2) is 48.0 Å². The highest BCUT2D eigenvalue weighted by Crippen LogP contribution is 2.29. The Morgan fingerprint density at radius 1 is 1.17 bits per heavy atom. The van der Waals surface area contributed by atoms with Crippen molar-refractivity contribution in [1.82, 2.24) is 9.88 Å². The first-order valence-electron chi connectivity index (χ1n) is 10.6. The van der Waals surface area contributed by atoms with E-state index in [0.717, 1.165) is 12.2 Å². The minimum atomic E-state index is -0.478. The van der Waals surface area contributed by atoms with Gasteiger partial charge in [-0.3, -0.25) is 9.78 Å². The van der Waals surface area contributed by atoms with Crippen molar-refractivity contribution >= 4 is 28.4 Å². The lowest BCUT2D eigenvalue weighted by Gasteiger charge is -2.41. The molecule has 3 aromatic rings.